The molecule has 0 spiro atoms. The minimum atomic E-state index is -0.253. The summed E-state index contributed by atoms with van der Waals surface area (Å²) in [6.45, 7) is 3.65. The number of hydrogen-bond donors (Lipinski definition) is 2. The minimum absolute atomic E-state index is 0.0815. The first kappa shape index (κ1) is 19.7. The summed E-state index contributed by atoms with van der Waals surface area (Å²) in [7, 11) is 0. The van der Waals surface area contributed by atoms with E-state index in [1.54, 1.807) is 22.7 Å². The van der Waals surface area contributed by atoms with Gasteiger partial charge in [0.1, 0.15) is 5.75 Å². The van der Waals surface area contributed by atoms with E-state index in [1.165, 1.54) is 6.07 Å². The van der Waals surface area contributed by atoms with Gasteiger partial charge in [-0.05, 0) is 44.2 Å². The van der Waals surface area contributed by atoms with Crippen LogP contribution in [0.5, 0.6) is 11.5 Å². The molecule has 8 heteroatoms. The number of anilines is 1. The van der Waals surface area contributed by atoms with Crippen LogP contribution in [-0.2, 0) is 11.2 Å². The number of nitrogens with zero attached hydrogens (tertiary/aromatic N) is 2. The molecule has 0 aliphatic rings. The number of rotatable bonds is 5. The molecule has 7 nitrogen and oxygen atoms in total. The van der Waals surface area contributed by atoms with E-state index >= 15 is 0 Å². The van der Waals surface area contributed by atoms with Crippen LogP contribution in [0.2, 0.25) is 5.02 Å². The Morgan fingerprint density at radius 3 is 2.70 bits per heavy atom. The van der Waals surface area contributed by atoms with Gasteiger partial charge in [-0.3, -0.25) is 14.7 Å². The number of H-pyrrole nitrogens is 1. The van der Waals surface area contributed by atoms with E-state index in [4.69, 9.17) is 16.3 Å². The fourth-order valence-electron chi connectivity index (χ4n) is 3.27. The summed E-state index contributed by atoms with van der Waals surface area (Å²) in [5.74, 6) is 0.876. The van der Waals surface area contributed by atoms with E-state index in [-0.39, 0.29) is 17.9 Å². The van der Waals surface area contributed by atoms with Crippen molar-refractivity contribution in [3.05, 3.63) is 86.9 Å². The van der Waals surface area contributed by atoms with E-state index in [0.29, 0.717) is 33.6 Å². The number of hydrogen-bond acceptors (Lipinski definition) is 4. The van der Waals surface area contributed by atoms with Crippen LogP contribution in [0.3, 0.4) is 0 Å². The number of para-hydroxylation sites is 1. The molecule has 0 unspecified atom stereocenters. The predicted octanol–water partition coefficient (Wildman–Crippen LogP) is 4.27. The number of aromatic nitrogens is 3. The van der Waals surface area contributed by atoms with Gasteiger partial charge in [0.15, 0.2) is 11.4 Å². The molecule has 30 heavy (non-hydrogen) atoms. The molecule has 2 aromatic heterocycles. The topological polar surface area (TPSA) is 88.5 Å². The maximum absolute atomic E-state index is 12.8. The van der Waals surface area contributed by atoms with Crippen LogP contribution in [-0.4, -0.2) is 20.5 Å². The monoisotopic (exact) mass is 422 g/mol. The Bertz CT molecular complexity index is 1300. The van der Waals surface area contributed by atoms with Crippen LogP contribution in [0.25, 0.3) is 5.65 Å². The second kappa shape index (κ2) is 8.04. The molecule has 2 aromatic carbocycles. The quantitative estimate of drug-likeness (QED) is 0.502. The number of nitrogens with one attached hydrogen (secondary N) is 2. The lowest BCUT2D eigenvalue weighted by atomic mass is 10.1. The van der Waals surface area contributed by atoms with Crippen molar-refractivity contribution in [3.63, 3.8) is 0 Å². The third-order valence-corrected chi connectivity index (χ3v) is 4.96. The van der Waals surface area contributed by atoms with Gasteiger partial charge in [-0.15, -0.1) is 0 Å². The summed E-state index contributed by atoms with van der Waals surface area (Å²) in [6.07, 6.45) is 0.0815. The van der Waals surface area contributed by atoms with E-state index in [1.807, 2.05) is 44.2 Å². The van der Waals surface area contributed by atoms with Crippen LogP contribution >= 0.6 is 11.6 Å². The van der Waals surface area contributed by atoms with Gasteiger partial charge in [-0.2, -0.15) is 0 Å². The third-order valence-electron chi connectivity index (χ3n) is 4.73. The Hall–Kier alpha value is -3.58. The van der Waals surface area contributed by atoms with Gasteiger partial charge in [0.2, 0.25) is 5.91 Å². The first-order valence-corrected chi connectivity index (χ1v) is 9.68. The van der Waals surface area contributed by atoms with Gasteiger partial charge in [0.05, 0.1) is 12.1 Å². The number of aryl methyl sites for hydroxylation is 2. The lowest BCUT2D eigenvalue weighted by Crippen LogP contribution is -2.18. The highest BCUT2D eigenvalue weighted by Gasteiger charge is 2.16. The molecule has 2 N–H and O–H groups in total. The van der Waals surface area contributed by atoms with E-state index < -0.39 is 0 Å². The Labute approximate surface area is 177 Å². The van der Waals surface area contributed by atoms with Gasteiger partial charge in [-0.1, -0.05) is 29.8 Å². The lowest BCUT2D eigenvalue weighted by molar-refractivity contribution is -0.115. The number of carbonyl (C=O) groups is 1. The van der Waals surface area contributed by atoms with Crippen molar-refractivity contribution in [2.75, 3.05) is 5.32 Å². The van der Waals surface area contributed by atoms with Gasteiger partial charge in [-0.25, -0.2) is 9.50 Å². The zero-order chi connectivity index (χ0) is 21.3. The molecule has 152 valence electrons. The highest BCUT2D eigenvalue weighted by Crippen LogP contribution is 2.32. The van der Waals surface area contributed by atoms with Crippen molar-refractivity contribution in [2.45, 2.75) is 20.3 Å². The van der Waals surface area contributed by atoms with Crippen molar-refractivity contribution >= 4 is 28.8 Å². The van der Waals surface area contributed by atoms with E-state index in [2.05, 4.69) is 15.4 Å². The normalized spacial score (nSPS) is 10.9. The van der Waals surface area contributed by atoms with Crippen LogP contribution in [0.1, 0.15) is 17.0 Å². The Balaban J connectivity index is 1.60. The SMILES string of the molecule is Cc1nc2cc(=O)[nH]n2c(C)c1CC(=O)Nc1cc(Cl)ccc1Oc1ccccc1. The molecule has 0 aliphatic heterocycles. The molecule has 0 fully saturated rings. The van der Waals surface area contributed by atoms with Crippen LogP contribution in [0.4, 0.5) is 5.69 Å². The number of fused-ring (bicyclic) bond motifs is 1. The van der Waals surface area contributed by atoms with E-state index in [9.17, 15) is 9.59 Å². The molecule has 4 aromatic rings. The van der Waals surface area contributed by atoms with Gasteiger partial charge < -0.3 is 10.1 Å². The van der Waals surface area contributed by atoms with Gasteiger partial charge >= 0.3 is 0 Å². The number of halogens is 1. The van der Waals surface area contributed by atoms with Crippen LogP contribution < -0.4 is 15.6 Å². The molecule has 0 aliphatic carbocycles. The number of carbonyl (C=O) groups excluding carboxylic acids is 1. The number of ether oxygens (including phenoxy) is 1. The highest BCUT2D eigenvalue weighted by atomic mass is 35.5. The summed E-state index contributed by atoms with van der Waals surface area (Å²) >= 11 is 6.13. The number of aromatic amines is 1. The molecule has 0 bridgehead atoms. The van der Waals surface area contributed by atoms with Gasteiger partial charge in [0.25, 0.3) is 5.56 Å². The minimum Gasteiger partial charge on any atom is -0.455 e. The summed E-state index contributed by atoms with van der Waals surface area (Å²) < 4.78 is 7.48. The van der Waals surface area contributed by atoms with Crippen molar-refractivity contribution in [1.29, 1.82) is 0 Å². The molecule has 4 rings (SSSR count). The van der Waals surface area contributed by atoms with Crippen molar-refractivity contribution in [2.24, 2.45) is 0 Å². The fraction of sp³-hybridized carbons (Fsp3) is 0.136. The van der Waals surface area contributed by atoms with Crippen molar-refractivity contribution in [3.8, 4) is 11.5 Å². The van der Waals surface area contributed by atoms with E-state index in [0.717, 1.165) is 11.3 Å². The average Bonchev–Trinajstić information content (AvgIpc) is 3.08. The molecule has 0 saturated carbocycles. The Morgan fingerprint density at radius 1 is 1.17 bits per heavy atom. The second-order valence-electron chi connectivity index (χ2n) is 6.86. The molecule has 2 heterocycles. The maximum atomic E-state index is 12.8. The Morgan fingerprint density at radius 2 is 1.93 bits per heavy atom. The number of amides is 1. The van der Waals surface area contributed by atoms with Crippen LogP contribution in [0.15, 0.2) is 59.4 Å². The molecular weight excluding hydrogens is 404 g/mol. The summed E-state index contributed by atoms with van der Waals surface area (Å²) in [6, 6.07) is 15.7. The van der Waals surface area contributed by atoms with Crippen LogP contribution in [0, 0.1) is 13.8 Å². The average molecular weight is 423 g/mol. The third kappa shape index (κ3) is 4.06. The zero-order valence-electron chi connectivity index (χ0n) is 16.4. The number of benzene rings is 2. The summed E-state index contributed by atoms with van der Waals surface area (Å²) in [4.78, 5) is 28.9. The maximum Gasteiger partial charge on any atom is 0.266 e. The largest absolute Gasteiger partial charge is 0.455 e. The smallest absolute Gasteiger partial charge is 0.266 e. The van der Waals surface area contributed by atoms with Crippen molar-refractivity contribution in [1.82, 2.24) is 14.6 Å². The summed E-state index contributed by atoms with van der Waals surface area (Å²) in [5.41, 5.74) is 2.92. The highest BCUT2D eigenvalue weighted by molar-refractivity contribution is 6.31. The van der Waals surface area contributed by atoms with Gasteiger partial charge in [0, 0.05) is 28.0 Å². The molecule has 1 amide bonds. The second-order valence-corrected chi connectivity index (χ2v) is 7.29. The lowest BCUT2D eigenvalue weighted by Gasteiger charge is -2.14. The summed E-state index contributed by atoms with van der Waals surface area (Å²) in [5, 5.41) is 6.04. The molecule has 0 saturated heterocycles. The standard InChI is InChI=1S/C22H19ClN4O3/c1-13-17(14(2)27-20(24-13)12-22(29)26-27)11-21(28)25-18-10-15(23)8-9-19(18)30-16-6-4-3-5-7-16/h3-10,12H,11H2,1-2H3,(H,25,28)(H,26,29). The molecule has 0 radical (unpaired) electrons. The first-order valence-electron chi connectivity index (χ1n) is 9.31. The predicted molar refractivity (Wildman–Crippen MR) is 116 cm³/mol. The first-order chi connectivity index (χ1) is 14.4. The van der Waals surface area contributed by atoms with Crippen molar-refractivity contribution < 1.29 is 9.53 Å². The molecular formula is C22H19ClN4O3. The molecule has 0 atom stereocenters. The zero-order valence-corrected chi connectivity index (χ0v) is 17.2. The Kier molecular flexibility index (Phi) is 5.29. The fourth-order valence-corrected chi connectivity index (χ4v) is 3.44.